The predicted octanol–water partition coefficient (Wildman–Crippen LogP) is 3.84. The summed E-state index contributed by atoms with van der Waals surface area (Å²) >= 11 is 6.11. The minimum atomic E-state index is -0.656. The highest BCUT2D eigenvalue weighted by molar-refractivity contribution is 6.32. The molecule has 2 aromatic rings. The van der Waals surface area contributed by atoms with Gasteiger partial charge in [0.25, 0.3) is 5.91 Å². The van der Waals surface area contributed by atoms with E-state index in [-0.39, 0.29) is 12.5 Å². The molecule has 2 rings (SSSR count). The van der Waals surface area contributed by atoms with Gasteiger partial charge in [0.1, 0.15) is 5.75 Å². The van der Waals surface area contributed by atoms with E-state index in [0.29, 0.717) is 34.4 Å². The first-order valence-electron chi connectivity index (χ1n) is 8.52. The molecule has 146 valence electrons. The molecule has 0 bridgehead atoms. The molecule has 0 aliphatic heterocycles. The van der Waals surface area contributed by atoms with E-state index in [1.165, 1.54) is 14.2 Å². The van der Waals surface area contributed by atoms with Crippen LogP contribution in [0.5, 0.6) is 23.0 Å². The second-order valence-corrected chi connectivity index (χ2v) is 6.06. The van der Waals surface area contributed by atoms with E-state index in [0.717, 1.165) is 5.56 Å². The van der Waals surface area contributed by atoms with Crippen LogP contribution in [0.1, 0.15) is 18.9 Å². The van der Waals surface area contributed by atoms with Gasteiger partial charge in [-0.1, -0.05) is 30.7 Å². The summed E-state index contributed by atoms with van der Waals surface area (Å²) in [6.07, 6.45) is -0.156. The van der Waals surface area contributed by atoms with Gasteiger partial charge in [0, 0.05) is 12.1 Å². The average molecular weight is 394 g/mol. The summed E-state index contributed by atoms with van der Waals surface area (Å²) in [4.78, 5) is 12.6. The molecule has 0 spiro atoms. The fraction of sp³-hybridized carbons (Fsp3) is 0.350. The van der Waals surface area contributed by atoms with Crippen molar-refractivity contribution in [2.24, 2.45) is 0 Å². The van der Waals surface area contributed by atoms with E-state index in [1.54, 1.807) is 37.4 Å². The standard InChI is InChI=1S/C20H24ClNO5/c1-5-15(27-16-9-7-6-8-14(16)21)20(23)22-12-13-10-11-17(24-2)19(26-4)18(13)25-3/h6-11,15H,5,12H2,1-4H3,(H,22,23)/t15-/m1/s1. The lowest BCUT2D eigenvalue weighted by Crippen LogP contribution is -2.37. The fourth-order valence-electron chi connectivity index (χ4n) is 2.61. The monoisotopic (exact) mass is 393 g/mol. The van der Waals surface area contributed by atoms with Gasteiger partial charge in [-0.3, -0.25) is 4.79 Å². The van der Waals surface area contributed by atoms with Crippen LogP contribution in [0.15, 0.2) is 36.4 Å². The van der Waals surface area contributed by atoms with Crippen LogP contribution >= 0.6 is 11.6 Å². The zero-order chi connectivity index (χ0) is 19.8. The molecular formula is C20H24ClNO5. The minimum Gasteiger partial charge on any atom is -0.493 e. The number of carbonyl (C=O) groups excluding carboxylic acids is 1. The zero-order valence-electron chi connectivity index (χ0n) is 15.9. The van der Waals surface area contributed by atoms with Crippen LogP contribution in [0.3, 0.4) is 0 Å². The first kappa shape index (κ1) is 20.7. The Kier molecular flexibility index (Phi) is 7.61. The van der Waals surface area contributed by atoms with Crippen LogP contribution in [0.25, 0.3) is 0 Å². The van der Waals surface area contributed by atoms with Crippen LogP contribution in [0, 0.1) is 0 Å². The Hall–Kier alpha value is -2.60. The van der Waals surface area contributed by atoms with Gasteiger partial charge >= 0.3 is 0 Å². The third kappa shape index (κ3) is 4.98. The van der Waals surface area contributed by atoms with E-state index in [9.17, 15) is 4.79 Å². The highest BCUT2D eigenvalue weighted by atomic mass is 35.5. The first-order valence-corrected chi connectivity index (χ1v) is 8.90. The summed E-state index contributed by atoms with van der Waals surface area (Å²) in [6, 6.07) is 10.6. The Labute approximate surface area is 164 Å². The largest absolute Gasteiger partial charge is 0.493 e. The van der Waals surface area contributed by atoms with Gasteiger partial charge in [-0.2, -0.15) is 0 Å². The van der Waals surface area contributed by atoms with Crippen LogP contribution in [0.2, 0.25) is 5.02 Å². The predicted molar refractivity (Wildman–Crippen MR) is 104 cm³/mol. The lowest BCUT2D eigenvalue weighted by Gasteiger charge is -2.19. The van der Waals surface area contributed by atoms with E-state index in [1.807, 2.05) is 13.0 Å². The van der Waals surface area contributed by atoms with Gasteiger partial charge in [-0.25, -0.2) is 0 Å². The number of halogens is 1. The van der Waals surface area contributed by atoms with Gasteiger partial charge in [-0.05, 0) is 30.7 Å². The van der Waals surface area contributed by atoms with Crippen LogP contribution in [-0.2, 0) is 11.3 Å². The van der Waals surface area contributed by atoms with Gasteiger partial charge < -0.3 is 24.3 Å². The van der Waals surface area contributed by atoms with Crippen molar-refractivity contribution in [2.75, 3.05) is 21.3 Å². The quantitative estimate of drug-likeness (QED) is 0.701. The van der Waals surface area contributed by atoms with E-state index in [2.05, 4.69) is 5.32 Å². The summed E-state index contributed by atoms with van der Waals surface area (Å²) in [5.74, 6) is 1.78. The Balaban J connectivity index is 2.10. The van der Waals surface area contributed by atoms with Crippen molar-refractivity contribution in [1.29, 1.82) is 0 Å². The maximum Gasteiger partial charge on any atom is 0.261 e. The molecule has 0 unspecified atom stereocenters. The molecule has 7 heteroatoms. The van der Waals surface area contributed by atoms with E-state index < -0.39 is 6.10 Å². The molecule has 0 radical (unpaired) electrons. The van der Waals surface area contributed by atoms with Crippen molar-refractivity contribution in [1.82, 2.24) is 5.32 Å². The second-order valence-electron chi connectivity index (χ2n) is 5.66. The number of hydrogen-bond acceptors (Lipinski definition) is 5. The summed E-state index contributed by atoms with van der Waals surface area (Å²) in [7, 11) is 4.63. The lowest BCUT2D eigenvalue weighted by atomic mass is 10.1. The average Bonchev–Trinajstić information content (AvgIpc) is 2.70. The Morgan fingerprint density at radius 1 is 1.00 bits per heavy atom. The number of methoxy groups -OCH3 is 3. The molecule has 0 saturated heterocycles. The second kappa shape index (κ2) is 9.92. The van der Waals surface area contributed by atoms with Crippen LogP contribution in [0.4, 0.5) is 0 Å². The summed E-state index contributed by atoms with van der Waals surface area (Å²) in [5.41, 5.74) is 0.760. The molecule has 0 aliphatic carbocycles. The highest BCUT2D eigenvalue weighted by Gasteiger charge is 2.21. The third-order valence-electron chi connectivity index (χ3n) is 4.01. The van der Waals surface area contributed by atoms with Crippen LogP contribution in [-0.4, -0.2) is 33.3 Å². The van der Waals surface area contributed by atoms with Crippen molar-refractivity contribution in [3.05, 3.63) is 47.0 Å². The topological polar surface area (TPSA) is 66.0 Å². The van der Waals surface area contributed by atoms with Gasteiger partial charge in [0.05, 0.1) is 26.4 Å². The molecule has 1 atom stereocenters. The highest BCUT2D eigenvalue weighted by Crippen LogP contribution is 2.39. The molecule has 6 nitrogen and oxygen atoms in total. The smallest absolute Gasteiger partial charge is 0.261 e. The normalized spacial score (nSPS) is 11.4. The minimum absolute atomic E-state index is 0.241. The molecule has 1 amide bonds. The van der Waals surface area contributed by atoms with Crippen molar-refractivity contribution in [3.8, 4) is 23.0 Å². The summed E-state index contributed by atoms with van der Waals surface area (Å²) in [6.45, 7) is 2.13. The maximum absolute atomic E-state index is 12.6. The van der Waals surface area contributed by atoms with Crippen molar-refractivity contribution in [2.45, 2.75) is 26.0 Å². The molecule has 0 aromatic heterocycles. The van der Waals surface area contributed by atoms with Gasteiger partial charge in [0.2, 0.25) is 5.75 Å². The van der Waals surface area contributed by atoms with E-state index >= 15 is 0 Å². The van der Waals surface area contributed by atoms with E-state index in [4.69, 9.17) is 30.5 Å². The molecule has 1 N–H and O–H groups in total. The van der Waals surface area contributed by atoms with Crippen molar-refractivity contribution >= 4 is 17.5 Å². The molecule has 0 fully saturated rings. The molecule has 2 aromatic carbocycles. The maximum atomic E-state index is 12.6. The Morgan fingerprint density at radius 2 is 1.70 bits per heavy atom. The lowest BCUT2D eigenvalue weighted by molar-refractivity contribution is -0.128. The number of benzene rings is 2. The van der Waals surface area contributed by atoms with Crippen LogP contribution < -0.4 is 24.3 Å². The summed E-state index contributed by atoms with van der Waals surface area (Å²) in [5, 5.41) is 3.33. The fourth-order valence-corrected chi connectivity index (χ4v) is 2.79. The first-order chi connectivity index (χ1) is 13.0. The number of hydrogen-bond donors (Lipinski definition) is 1. The van der Waals surface area contributed by atoms with Gasteiger partial charge in [0.15, 0.2) is 17.6 Å². The summed E-state index contributed by atoms with van der Waals surface area (Å²) < 4.78 is 21.8. The molecule has 0 saturated carbocycles. The molecule has 27 heavy (non-hydrogen) atoms. The SMILES string of the molecule is CC[C@@H](Oc1ccccc1Cl)C(=O)NCc1ccc(OC)c(OC)c1OC. The van der Waals surface area contributed by atoms with Gasteiger partial charge in [-0.15, -0.1) is 0 Å². The number of para-hydroxylation sites is 1. The molecular weight excluding hydrogens is 370 g/mol. The number of carbonyl (C=O) groups is 1. The van der Waals surface area contributed by atoms with Crippen molar-refractivity contribution in [3.63, 3.8) is 0 Å². The zero-order valence-corrected chi connectivity index (χ0v) is 16.6. The number of ether oxygens (including phenoxy) is 4. The van der Waals surface area contributed by atoms with Crippen molar-refractivity contribution < 1.29 is 23.7 Å². The third-order valence-corrected chi connectivity index (χ3v) is 4.32. The number of nitrogens with one attached hydrogen (secondary N) is 1. The molecule has 0 aliphatic rings. The molecule has 0 heterocycles. The Morgan fingerprint density at radius 3 is 2.30 bits per heavy atom. The Bertz CT molecular complexity index is 781. The number of rotatable bonds is 9. The number of amides is 1.